The van der Waals surface area contributed by atoms with Crippen LogP contribution in [0.25, 0.3) is 21.1 Å². The standard InChI is InChI=1S/C18H13N3O2S/c1-23-14-7-4-8-15-16(14)20-18(24-15)21-17(22)12-9-10-19-13-6-3-2-5-11(12)13/h2-10H,1H3,(H,20,21,22). The molecule has 0 aliphatic heterocycles. The quantitative estimate of drug-likeness (QED) is 0.612. The van der Waals surface area contributed by atoms with Crippen molar-refractivity contribution in [3.05, 3.63) is 60.3 Å². The average molecular weight is 335 g/mol. The number of hydrogen-bond donors (Lipinski definition) is 1. The van der Waals surface area contributed by atoms with Crippen LogP contribution in [-0.4, -0.2) is 23.0 Å². The lowest BCUT2D eigenvalue weighted by atomic mass is 10.1. The minimum Gasteiger partial charge on any atom is -0.494 e. The number of anilines is 1. The Morgan fingerprint density at radius 3 is 2.88 bits per heavy atom. The van der Waals surface area contributed by atoms with Crippen molar-refractivity contribution in [2.45, 2.75) is 0 Å². The number of thiazole rings is 1. The Morgan fingerprint density at radius 1 is 1.12 bits per heavy atom. The first-order valence-electron chi connectivity index (χ1n) is 7.35. The second-order valence-electron chi connectivity index (χ2n) is 5.16. The fraction of sp³-hybridized carbons (Fsp3) is 0.0556. The van der Waals surface area contributed by atoms with Crippen molar-refractivity contribution in [2.75, 3.05) is 12.4 Å². The van der Waals surface area contributed by atoms with Gasteiger partial charge in [-0.3, -0.25) is 15.1 Å². The number of carbonyl (C=O) groups excluding carboxylic acids is 1. The molecule has 0 radical (unpaired) electrons. The third-order valence-electron chi connectivity index (χ3n) is 3.72. The van der Waals surface area contributed by atoms with E-state index < -0.39 is 0 Å². The third-order valence-corrected chi connectivity index (χ3v) is 4.65. The van der Waals surface area contributed by atoms with Crippen LogP contribution in [0.2, 0.25) is 0 Å². The Morgan fingerprint density at radius 2 is 2.00 bits per heavy atom. The first-order chi connectivity index (χ1) is 11.8. The zero-order chi connectivity index (χ0) is 16.5. The maximum Gasteiger partial charge on any atom is 0.258 e. The van der Waals surface area contributed by atoms with Crippen LogP contribution >= 0.6 is 11.3 Å². The smallest absolute Gasteiger partial charge is 0.258 e. The molecule has 2 aromatic heterocycles. The van der Waals surface area contributed by atoms with Crippen LogP contribution in [-0.2, 0) is 0 Å². The van der Waals surface area contributed by atoms with Gasteiger partial charge in [0.15, 0.2) is 5.13 Å². The van der Waals surface area contributed by atoms with E-state index in [4.69, 9.17) is 4.74 Å². The molecule has 0 bridgehead atoms. The molecule has 2 aromatic carbocycles. The van der Waals surface area contributed by atoms with E-state index in [1.54, 1.807) is 19.4 Å². The number of amides is 1. The Balaban J connectivity index is 1.71. The molecule has 0 aliphatic carbocycles. The second kappa shape index (κ2) is 5.90. The van der Waals surface area contributed by atoms with Crippen molar-refractivity contribution in [1.29, 1.82) is 0 Å². The van der Waals surface area contributed by atoms with Crippen LogP contribution in [0, 0.1) is 0 Å². The van der Waals surface area contributed by atoms with Gasteiger partial charge in [-0.1, -0.05) is 35.6 Å². The second-order valence-corrected chi connectivity index (χ2v) is 6.19. The molecule has 0 fully saturated rings. The zero-order valence-corrected chi connectivity index (χ0v) is 13.6. The molecular weight excluding hydrogens is 322 g/mol. The number of nitrogens with zero attached hydrogens (tertiary/aromatic N) is 2. The van der Waals surface area contributed by atoms with Gasteiger partial charge in [0.2, 0.25) is 0 Å². The molecule has 4 aromatic rings. The van der Waals surface area contributed by atoms with Gasteiger partial charge < -0.3 is 4.74 Å². The normalized spacial score (nSPS) is 10.9. The number of para-hydroxylation sites is 2. The van der Waals surface area contributed by atoms with Gasteiger partial charge in [-0.15, -0.1) is 0 Å². The molecule has 0 unspecified atom stereocenters. The van der Waals surface area contributed by atoms with Crippen molar-refractivity contribution in [2.24, 2.45) is 0 Å². The summed E-state index contributed by atoms with van der Waals surface area (Å²) in [5, 5.41) is 4.23. The summed E-state index contributed by atoms with van der Waals surface area (Å²) >= 11 is 1.42. The van der Waals surface area contributed by atoms with Gasteiger partial charge in [0.25, 0.3) is 5.91 Å². The van der Waals surface area contributed by atoms with E-state index in [2.05, 4.69) is 15.3 Å². The largest absolute Gasteiger partial charge is 0.494 e. The van der Waals surface area contributed by atoms with Crippen LogP contribution < -0.4 is 10.1 Å². The van der Waals surface area contributed by atoms with E-state index in [1.165, 1.54) is 11.3 Å². The van der Waals surface area contributed by atoms with E-state index in [1.807, 2.05) is 42.5 Å². The molecule has 24 heavy (non-hydrogen) atoms. The summed E-state index contributed by atoms with van der Waals surface area (Å²) in [5.74, 6) is 0.491. The Kier molecular flexibility index (Phi) is 3.59. The third kappa shape index (κ3) is 2.47. The fourth-order valence-electron chi connectivity index (χ4n) is 2.60. The van der Waals surface area contributed by atoms with Gasteiger partial charge in [0.1, 0.15) is 11.3 Å². The van der Waals surface area contributed by atoms with Gasteiger partial charge >= 0.3 is 0 Å². The molecule has 118 valence electrons. The Labute approximate surface area is 141 Å². The Bertz CT molecular complexity index is 1050. The van der Waals surface area contributed by atoms with Gasteiger partial charge in [0.05, 0.1) is 22.9 Å². The van der Waals surface area contributed by atoms with Gasteiger partial charge in [-0.2, -0.15) is 0 Å². The summed E-state index contributed by atoms with van der Waals surface area (Å²) in [7, 11) is 1.61. The summed E-state index contributed by atoms with van der Waals surface area (Å²) in [6, 6.07) is 15.0. The lowest BCUT2D eigenvalue weighted by Gasteiger charge is -2.05. The number of rotatable bonds is 3. The molecule has 5 nitrogen and oxygen atoms in total. The first-order valence-corrected chi connectivity index (χ1v) is 8.16. The number of methoxy groups -OCH3 is 1. The van der Waals surface area contributed by atoms with Crippen molar-refractivity contribution >= 4 is 43.5 Å². The van der Waals surface area contributed by atoms with E-state index in [0.29, 0.717) is 16.4 Å². The van der Waals surface area contributed by atoms with Crippen LogP contribution in [0.1, 0.15) is 10.4 Å². The number of pyridine rings is 1. The minimum atomic E-state index is -0.202. The van der Waals surface area contributed by atoms with Gasteiger partial charge in [-0.25, -0.2) is 4.98 Å². The molecule has 0 aliphatic rings. The molecule has 0 saturated heterocycles. The van der Waals surface area contributed by atoms with E-state index >= 15 is 0 Å². The first kappa shape index (κ1) is 14.6. The molecule has 1 amide bonds. The van der Waals surface area contributed by atoms with Crippen molar-refractivity contribution in [3.63, 3.8) is 0 Å². The maximum atomic E-state index is 12.7. The predicted molar refractivity (Wildman–Crippen MR) is 95.9 cm³/mol. The Hall–Kier alpha value is -2.99. The number of hydrogen-bond acceptors (Lipinski definition) is 5. The molecule has 6 heteroatoms. The van der Waals surface area contributed by atoms with Crippen LogP contribution in [0.5, 0.6) is 5.75 Å². The lowest BCUT2D eigenvalue weighted by Crippen LogP contribution is -2.12. The molecular formula is C18H13N3O2S. The number of nitrogens with one attached hydrogen (secondary N) is 1. The highest BCUT2D eigenvalue weighted by Crippen LogP contribution is 2.32. The van der Waals surface area contributed by atoms with Crippen LogP contribution in [0.15, 0.2) is 54.7 Å². The highest BCUT2D eigenvalue weighted by molar-refractivity contribution is 7.22. The van der Waals surface area contributed by atoms with E-state index in [9.17, 15) is 4.79 Å². The lowest BCUT2D eigenvalue weighted by molar-refractivity contribution is 0.102. The van der Waals surface area contributed by atoms with E-state index in [0.717, 1.165) is 21.1 Å². The van der Waals surface area contributed by atoms with Crippen molar-refractivity contribution < 1.29 is 9.53 Å². The van der Waals surface area contributed by atoms with Crippen molar-refractivity contribution in [3.8, 4) is 5.75 Å². The summed E-state index contributed by atoms with van der Waals surface area (Å²) < 4.78 is 6.27. The number of ether oxygens (including phenoxy) is 1. The predicted octanol–water partition coefficient (Wildman–Crippen LogP) is 4.11. The average Bonchev–Trinajstić information content (AvgIpc) is 3.03. The summed E-state index contributed by atoms with van der Waals surface area (Å²) in [4.78, 5) is 21.4. The number of aromatic nitrogens is 2. The number of fused-ring (bicyclic) bond motifs is 2. The molecule has 0 atom stereocenters. The van der Waals surface area contributed by atoms with Gasteiger partial charge in [0, 0.05) is 11.6 Å². The molecule has 2 heterocycles. The maximum absolute atomic E-state index is 12.7. The number of benzene rings is 2. The SMILES string of the molecule is COc1cccc2sc(NC(=O)c3ccnc4ccccc34)nc12. The highest BCUT2D eigenvalue weighted by atomic mass is 32.1. The zero-order valence-electron chi connectivity index (χ0n) is 12.8. The summed E-state index contributed by atoms with van der Waals surface area (Å²) in [5.41, 5.74) is 2.11. The molecule has 0 spiro atoms. The van der Waals surface area contributed by atoms with Crippen LogP contribution in [0.4, 0.5) is 5.13 Å². The molecule has 1 N–H and O–H groups in total. The monoisotopic (exact) mass is 335 g/mol. The minimum absolute atomic E-state index is 0.202. The summed E-state index contributed by atoms with van der Waals surface area (Å²) in [6.45, 7) is 0. The topological polar surface area (TPSA) is 64.1 Å². The van der Waals surface area contributed by atoms with Gasteiger partial charge in [-0.05, 0) is 24.3 Å². The van der Waals surface area contributed by atoms with Crippen molar-refractivity contribution in [1.82, 2.24) is 9.97 Å². The highest BCUT2D eigenvalue weighted by Gasteiger charge is 2.14. The fourth-order valence-corrected chi connectivity index (χ4v) is 3.48. The van der Waals surface area contributed by atoms with E-state index in [-0.39, 0.29) is 5.91 Å². The number of carbonyl (C=O) groups is 1. The summed E-state index contributed by atoms with van der Waals surface area (Å²) in [6.07, 6.45) is 1.64. The molecule has 4 rings (SSSR count). The molecule has 0 saturated carbocycles. The van der Waals surface area contributed by atoms with Crippen LogP contribution in [0.3, 0.4) is 0 Å².